The Morgan fingerprint density at radius 3 is 2.11 bits per heavy atom. The fourth-order valence-corrected chi connectivity index (χ4v) is 13.9. The average molecular weight is 749 g/mol. The van der Waals surface area contributed by atoms with Gasteiger partial charge in [-0.3, -0.25) is 14.1 Å². The Hall–Kier alpha value is -3.80. The van der Waals surface area contributed by atoms with Crippen molar-refractivity contribution in [2.24, 2.45) is 46.3 Å². The van der Waals surface area contributed by atoms with Gasteiger partial charge < -0.3 is 18.2 Å². The van der Waals surface area contributed by atoms with Crippen LogP contribution in [0.25, 0.3) is 43.5 Å². The van der Waals surface area contributed by atoms with Crippen molar-refractivity contribution in [2.45, 2.75) is 104 Å². The van der Waals surface area contributed by atoms with Crippen molar-refractivity contribution in [2.75, 3.05) is 0 Å². The second-order valence-corrected chi connectivity index (χ2v) is 18.7. The first kappa shape index (κ1) is 35.9. The molecule has 4 aromatic carbocycles. The average Bonchev–Trinajstić information content (AvgIpc) is 3.43. The lowest BCUT2D eigenvalue weighted by Gasteiger charge is -2.62. The largest absolute Gasteiger partial charge is 0.481 e. The highest BCUT2D eigenvalue weighted by Crippen LogP contribution is 2.69. The van der Waals surface area contributed by atoms with Crippen LogP contribution in [0.1, 0.15) is 91.9 Å². The maximum absolute atomic E-state index is 12.0. The molecular formula is C46H53O7P. The Balaban J connectivity index is 1.18. The van der Waals surface area contributed by atoms with Crippen molar-refractivity contribution in [1.29, 1.82) is 0 Å². The van der Waals surface area contributed by atoms with Gasteiger partial charge in [0.15, 0.2) is 0 Å². The third-order valence-corrected chi connectivity index (χ3v) is 16.3. The van der Waals surface area contributed by atoms with Crippen LogP contribution >= 0.6 is 8.24 Å². The molecule has 0 aliphatic heterocycles. The van der Waals surface area contributed by atoms with E-state index in [0.717, 1.165) is 82.0 Å². The highest BCUT2D eigenvalue weighted by Gasteiger charge is 2.65. The van der Waals surface area contributed by atoms with E-state index in [0.29, 0.717) is 36.0 Å². The third kappa shape index (κ3) is 5.87. The van der Waals surface area contributed by atoms with Crippen LogP contribution in [0.5, 0.6) is 0 Å². The second-order valence-electron chi connectivity index (χ2n) is 17.7. The van der Waals surface area contributed by atoms with Gasteiger partial charge in [0, 0.05) is 29.5 Å². The standard InChI is InChI=1S/C46H53O7P/c1-27(13-22-42(48)49)36-18-19-37-35-17-16-31-25-32(50-28(2)47)23-24-45(31,3)38(35)26-41(46(36,37)4)53-54-51-39-20-14-29-9-5-7-11-33(29)43(39)44-34-12-8-6-10-30(34)15-21-40(44)52-54/h5-12,14-15,20-21,27,31-32,35-38,41H,13,16-19,22-26H2,1-4H3,(H,48,49)/t27-,31-,32-,35+,36-,37+,38+,41+,45+,46-/m1/s1. The van der Waals surface area contributed by atoms with E-state index in [4.69, 9.17) is 17.7 Å². The summed E-state index contributed by atoms with van der Waals surface area (Å²) in [7, 11) is -1.85. The zero-order chi connectivity index (χ0) is 37.4. The van der Waals surface area contributed by atoms with Gasteiger partial charge in [-0.15, -0.1) is 0 Å². The molecule has 8 heteroatoms. The molecule has 54 heavy (non-hydrogen) atoms. The predicted molar refractivity (Wildman–Crippen MR) is 214 cm³/mol. The molecule has 10 atom stereocenters. The topological polar surface area (TPSA) is 99.1 Å². The van der Waals surface area contributed by atoms with E-state index in [1.54, 1.807) is 0 Å². The minimum absolute atomic E-state index is 0.00696. The highest BCUT2D eigenvalue weighted by atomic mass is 31.1. The zero-order valence-electron chi connectivity index (χ0n) is 32.0. The first-order chi connectivity index (χ1) is 26.0. The van der Waals surface area contributed by atoms with Gasteiger partial charge >= 0.3 is 20.2 Å². The van der Waals surface area contributed by atoms with Gasteiger partial charge in [-0.2, -0.15) is 0 Å². The lowest BCUT2D eigenvalue weighted by molar-refractivity contribution is -0.172. The number of ether oxygens (including phenoxy) is 1. The molecule has 0 spiro atoms. The van der Waals surface area contributed by atoms with E-state index < -0.39 is 14.2 Å². The van der Waals surface area contributed by atoms with Crippen molar-refractivity contribution >= 4 is 63.7 Å². The van der Waals surface area contributed by atoms with E-state index in [-0.39, 0.29) is 41.3 Å². The van der Waals surface area contributed by atoms with Crippen LogP contribution in [0.2, 0.25) is 0 Å². The number of fused-ring (bicyclic) bond motifs is 12. The summed E-state index contributed by atoms with van der Waals surface area (Å²) in [5, 5.41) is 16.3. The fraction of sp³-hybridized carbons (Fsp3) is 0.522. The number of benzene rings is 4. The number of esters is 1. The molecular weight excluding hydrogens is 695 g/mol. The summed E-state index contributed by atoms with van der Waals surface area (Å²) in [6.45, 7) is 8.79. The first-order valence-corrected chi connectivity index (χ1v) is 21.4. The van der Waals surface area contributed by atoms with Gasteiger partial charge in [0.05, 0.1) is 6.10 Å². The SMILES string of the molecule is CC(=O)O[C@@H]1CC[C@@]2(C)[C@H](CC[C@@H]3[C@@H]2C[C@H](Op2oc4ccc5ccccc5c4c4c(ccc5ccccc54)o2)[C@]2(C)[C@@H]([C@H](C)CCC(=O)O)CC[C@@H]32)C1. The minimum atomic E-state index is -1.85. The van der Waals surface area contributed by atoms with Crippen molar-refractivity contribution in [3.63, 3.8) is 0 Å². The minimum Gasteiger partial charge on any atom is -0.481 e. The summed E-state index contributed by atoms with van der Waals surface area (Å²) in [6, 6.07) is 25.4. The second kappa shape index (κ2) is 13.7. The molecule has 0 unspecified atom stereocenters. The van der Waals surface area contributed by atoms with Crippen LogP contribution in [0, 0.1) is 46.3 Å². The molecule has 5 aromatic rings. The number of carboxylic acid groups (broad SMARTS) is 1. The number of carboxylic acids is 1. The van der Waals surface area contributed by atoms with Crippen LogP contribution in [0.3, 0.4) is 0 Å². The molecule has 284 valence electrons. The van der Waals surface area contributed by atoms with Gasteiger partial charge in [0.25, 0.3) is 0 Å². The van der Waals surface area contributed by atoms with Gasteiger partial charge in [-0.05, 0) is 132 Å². The Bertz CT molecular complexity index is 2200. The van der Waals surface area contributed by atoms with Crippen molar-refractivity contribution in [3.8, 4) is 0 Å². The number of hydrogen-bond acceptors (Lipinski definition) is 6. The molecule has 4 aliphatic rings. The van der Waals surface area contributed by atoms with Crippen molar-refractivity contribution in [3.05, 3.63) is 72.8 Å². The van der Waals surface area contributed by atoms with Gasteiger partial charge in [-0.1, -0.05) is 81.4 Å². The summed E-state index contributed by atoms with van der Waals surface area (Å²) in [4.78, 5) is 23.7. The van der Waals surface area contributed by atoms with Crippen LogP contribution in [0.4, 0.5) is 0 Å². The smallest absolute Gasteiger partial charge is 0.387 e. The van der Waals surface area contributed by atoms with Crippen molar-refractivity contribution < 1.29 is 32.3 Å². The summed E-state index contributed by atoms with van der Waals surface area (Å²) >= 11 is 0. The molecule has 0 radical (unpaired) electrons. The Morgan fingerprint density at radius 2 is 1.48 bits per heavy atom. The Kier molecular flexibility index (Phi) is 9.13. The van der Waals surface area contributed by atoms with E-state index in [1.807, 2.05) is 0 Å². The molecule has 0 bridgehead atoms. The van der Waals surface area contributed by atoms with Crippen LogP contribution < -0.4 is 4.52 Å². The van der Waals surface area contributed by atoms with E-state index in [9.17, 15) is 14.7 Å². The van der Waals surface area contributed by atoms with E-state index in [1.165, 1.54) is 19.8 Å². The molecule has 7 nitrogen and oxygen atoms in total. The molecule has 0 amide bonds. The quantitative estimate of drug-likeness (QED) is 0.165. The molecule has 9 rings (SSSR count). The zero-order valence-corrected chi connectivity index (χ0v) is 32.9. The van der Waals surface area contributed by atoms with Gasteiger partial charge in [0.2, 0.25) is 0 Å². The molecule has 4 aliphatic carbocycles. The number of carbonyl (C=O) groups excluding carboxylic acids is 1. The van der Waals surface area contributed by atoms with Gasteiger partial charge in [0.1, 0.15) is 17.3 Å². The summed E-state index contributed by atoms with van der Waals surface area (Å²) in [5.74, 6) is 1.72. The molecule has 4 fully saturated rings. The van der Waals surface area contributed by atoms with Crippen LogP contribution in [0.15, 0.2) is 81.2 Å². The van der Waals surface area contributed by atoms with E-state index >= 15 is 0 Å². The maximum Gasteiger partial charge on any atom is 0.387 e. The lowest BCUT2D eigenvalue weighted by Crippen LogP contribution is -2.60. The molecule has 1 N–H and O–H groups in total. The summed E-state index contributed by atoms with van der Waals surface area (Å²) in [5.41, 5.74) is 1.52. The van der Waals surface area contributed by atoms with Crippen molar-refractivity contribution in [1.82, 2.24) is 0 Å². The van der Waals surface area contributed by atoms with Gasteiger partial charge in [-0.25, -0.2) is 0 Å². The lowest BCUT2D eigenvalue weighted by atomic mass is 9.43. The van der Waals surface area contributed by atoms with Crippen LogP contribution in [-0.2, 0) is 14.3 Å². The fourth-order valence-electron chi connectivity index (χ4n) is 12.7. The normalized spacial score (nSPS) is 32.6. The van der Waals surface area contributed by atoms with E-state index in [2.05, 4.69) is 93.6 Å². The van der Waals surface area contributed by atoms with Crippen LogP contribution in [-0.4, -0.2) is 29.3 Å². The predicted octanol–water partition coefficient (Wildman–Crippen LogP) is 12.1. The molecule has 4 saturated carbocycles. The maximum atomic E-state index is 12.0. The number of rotatable bonds is 7. The molecule has 0 saturated heterocycles. The third-order valence-electron chi connectivity index (χ3n) is 15.2. The number of carbonyl (C=O) groups is 2. The Morgan fingerprint density at radius 1 is 0.833 bits per heavy atom. The Labute approximate surface area is 318 Å². The number of hydrogen-bond donors (Lipinski definition) is 1. The number of aliphatic carboxylic acids is 1. The first-order valence-electron chi connectivity index (χ1n) is 20.3. The molecule has 1 aromatic heterocycles. The summed E-state index contributed by atoms with van der Waals surface area (Å²) in [6.07, 6.45) is 9.14. The highest BCUT2D eigenvalue weighted by molar-refractivity contribution is 7.31. The monoisotopic (exact) mass is 748 g/mol. The molecule has 1 heterocycles. The summed E-state index contributed by atoms with van der Waals surface area (Å²) < 4.78 is 27.2.